The zero-order valence-electron chi connectivity index (χ0n) is 46.7. The molecule has 0 amide bonds. The molecule has 65 heavy (non-hydrogen) atoms. The van der Waals surface area contributed by atoms with Crippen LogP contribution in [-0.2, 0) is 37.8 Å². The fraction of sp³-hybridized carbons (Fsp3) is 0.641. The fourth-order valence-electron chi connectivity index (χ4n) is 9.30. The maximum Gasteiger partial charge on any atom is 0 e. The monoisotopic (exact) mass is 929 g/mol. The van der Waals surface area contributed by atoms with Crippen LogP contribution in [0.25, 0.3) is 22.3 Å². The van der Waals surface area contributed by atoms with Gasteiger partial charge in [0.25, 0.3) is 0 Å². The number of allylic oxidation sites excluding steroid dienone is 2. The van der Waals surface area contributed by atoms with Crippen LogP contribution >= 0.6 is 0 Å². The van der Waals surface area contributed by atoms with Gasteiger partial charge in [0.2, 0.25) is 0 Å². The topological polar surface area (TPSA) is 0 Å². The van der Waals surface area contributed by atoms with Gasteiger partial charge in [-0.3, -0.25) is 0 Å². The number of hydrogen-bond donors (Lipinski definition) is 0. The predicted octanol–water partition coefficient (Wildman–Crippen LogP) is 22.2. The van der Waals surface area contributed by atoms with Crippen LogP contribution in [0.4, 0.5) is 0 Å². The van der Waals surface area contributed by atoms with Crippen LogP contribution in [-0.4, -0.2) is 0 Å². The minimum absolute atomic E-state index is 0. The van der Waals surface area contributed by atoms with E-state index in [0.29, 0.717) is 5.41 Å². The average Bonchev–Trinajstić information content (AvgIpc) is 3.33. The summed E-state index contributed by atoms with van der Waals surface area (Å²) in [6, 6.07) is 19.5. The van der Waals surface area contributed by atoms with Crippen LogP contribution in [0.1, 0.15) is 259 Å². The smallest absolute Gasteiger partial charge is 0 e. The molecule has 0 nitrogen and oxygen atoms in total. The van der Waals surface area contributed by atoms with Gasteiger partial charge < -0.3 is 6.92 Å². The average molecular weight is 930 g/mol. The first-order chi connectivity index (χ1) is 30.9. The van der Waals surface area contributed by atoms with Gasteiger partial charge in [0.05, 0.1) is 0 Å². The minimum atomic E-state index is 0. The Morgan fingerprint density at radius 1 is 0.585 bits per heavy atom. The summed E-state index contributed by atoms with van der Waals surface area (Å²) in [4.78, 5) is 0. The molecule has 0 bridgehead atoms. The fourth-order valence-corrected chi connectivity index (χ4v) is 9.30. The molecule has 0 spiro atoms. The molecule has 0 aliphatic heterocycles. The molecule has 3 aromatic carbocycles. The number of benzene rings is 3. The summed E-state index contributed by atoms with van der Waals surface area (Å²) in [5.41, 5.74) is 17.3. The van der Waals surface area contributed by atoms with Gasteiger partial charge in [-0.15, -0.1) is 0 Å². The molecule has 1 saturated carbocycles. The van der Waals surface area contributed by atoms with E-state index in [2.05, 4.69) is 131 Å². The molecular weight excluding hydrogens is 820 g/mol. The largest absolute Gasteiger partial charge is 0.343 e. The zero-order chi connectivity index (χ0) is 49.1. The van der Waals surface area contributed by atoms with E-state index in [4.69, 9.17) is 0 Å². The van der Waals surface area contributed by atoms with Gasteiger partial charge in [0, 0.05) is 18.6 Å². The van der Waals surface area contributed by atoms with Crippen molar-refractivity contribution in [1.29, 1.82) is 0 Å². The van der Waals surface area contributed by atoms with Crippen LogP contribution in [0.5, 0.6) is 0 Å². The van der Waals surface area contributed by atoms with Crippen molar-refractivity contribution in [2.75, 3.05) is 0 Å². The van der Waals surface area contributed by atoms with E-state index in [9.17, 15) is 0 Å². The number of hydrogen-bond acceptors (Lipinski definition) is 0. The summed E-state index contributed by atoms with van der Waals surface area (Å²) in [6.07, 6.45) is 27.7. The Bertz CT molecular complexity index is 1610. The third kappa shape index (κ3) is 24.5. The van der Waals surface area contributed by atoms with Gasteiger partial charge in [0.1, 0.15) is 0 Å². The predicted molar refractivity (Wildman–Crippen MR) is 298 cm³/mol. The Balaban J connectivity index is -0.00000128. The first-order valence-electron chi connectivity index (χ1n) is 27.3. The molecule has 371 valence electrons. The van der Waals surface area contributed by atoms with Gasteiger partial charge in [-0.05, 0) is 158 Å². The van der Waals surface area contributed by atoms with E-state index in [-0.39, 0.29) is 18.6 Å². The third-order valence-corrected chi connectivity index (χ3v) is 13.8. The molecule has 0 saturated heterocycles. The molecule has 0 atom stereocenters. The zero-order valence-corrected chi connectivity index (χ0v) is 48.1. The first kappa shape index (κ1) is 67.0. The quantitative estimate of drug-likeness (QED) is 0.0567. The maximum atomic E-state index is 4.16. The van der Waals surface area contributed by atoms with E-state index in [0.717, 1.165) is 42.2 Å². The van der Waals surface area contributed by atoms with E-state index in [1.807, 2.05) is 55.4 Å². The van der Waals surface area contributed by atoms with Crippen molar-refractivity contribution >= 4 is 0 Å². The van der Waals surface area contributed by atoms with Crippen molar-refractivity contribution in [2.45, 2.75) is 258 Å². The molecule has 1 aliphatic carbocycles. The summed E-state index contributed by atoms with van der Waals surface area (Å²) in [6.45, 7) is 48.2. The molecule has 4 rings (SSSR count). The van der Waals surface area contributed by atoms with Gasteiger partial charge >= 0.3 is 0 Å². The molecule has 1 aliphatic rings. The Morgan fingerprint density at radius 3 is 1.57 bits per heavy atom. The molecule has 0 aromatic heterocycles. The van der Waals surface area contributed by atoms with Crippen molar-refractivity contribution in [3.63, 3.8) is 0 Å². The first-order valence-corrected chi connectivity index (χ1v) is 27.3. The number of aryl methyl sites for hydroxylation is 4. The molecule has 3 aromatic rings. The summed E-state index contributed by atoms with van der Waals surface area (Å²) in [5.74, 6) is 1.72. The van der Waals surface area contributed by atoms with Crippen molar-refractivity contribution in [1.82, 2.24) is 0 Å². The van der Waals surface area contributed by atoms with E-state index < -0.39 is 0 Å². The van der Waals surface area contributed by atoms with Crippen LogP contribution in [0.3, 0.4) is 0 Å². The Morgan fingerprint density at radius 2 is 1.11 bits per heavy atom. The summed E-state index contributed by atoms with van der Waals surface area (Å²) >= 11 is 0. The summed E-state index contributed by atoms with van der Waals surface area (Å²) in [5, 5.41) is 0. The van der Waals surface area contributed by atoms with Crippen molar-refractivity contribution in [2.24, 2.45) is 11.3 Å². The van der Waals surface area contributed by atoms with E-state index in [1.165, 1.54) is 166 Å². The van der Waals surface area contributed by atoms with Gasteiger partial charge in [-0.2, -0.15) is 6.42 Å². The van der Waals surface area contributed by atoms with E-state index >= 15 is 0 Å². The molecule has 1 fully saturated rings. The van der Waals surface area contributed by atoms with Crippen molar-refractivity contribution in [3.8, 4) is 22.3 Å². The molecule has 1 radical (unpaired) electrons. The second-order valence-electron chi connectivity index (χ2n) is 18.3. The summed E-state index contributed by atoms with van der Waals surface area (Å²) < 4.78 is 0. The van der Waals surface area contributed by atoms with Crippen LogP contribution in [0.15, 0.2) is 72.8 Å². The molecule has 0 heterocycles. The standard InChI is InChI=1S/C40H55.C12H26.C6H10.3C2H6.V/c1-7-11-13-15-31-17-19-33(20-18-31)36-21-23-39(29(5)25-36)37-22-24-40(32(10-4)26-37)38-27-34(14-9-3)30(6)35(28-38)16-12-8-2;1-5-9-11-12(7-3,8-4)10-6-2;1-5(2)6(3)4;3*1-2;/h21-28,31,33H,3,7-20H2,1-2,4-6H3;5-11H2,1-4H3;1,3H2,2,4H3;3*1-2H3;/q-1;;;;;;. The molecular formula is C64H109V-. The second-order valence-corrected chi connectivity index (χ2v) is 18.3. The van der Waals surface area contributed by atoms with Gasteiger partial charge in [-0.1, -0.05) is 233 Å². The van der Waals surface area contributed by atoms with Crippen LogP contribution in [0.2, 0.25) is 0 Å². The maximum absolute atomic E-state index is 4.16. The van der Waals surface area contributed by atoms with Crippen molar-refractivity contribution in [3.05, 3.63) is 113 Å². The van der Waals surface area contributed by atoms with Gasteiger partial charge in [0.15, 0.2) is 0 Å². The SMILES string of the molecule is C=C(C)C(=C)C.CC.CC.CC.CCCCC(CC)(CC)CCC.[CH2-]CCc1cc(-c2ccc(-c3ccc(C4CCC(CCCCC)CC4)cc3C)cc2CC)cc(CCCC)c1C.[V]. The number of unbranched alkanes of at least 4 members (excludes halogenated alkanes) is 4. The molecule has 0 N–H and O–H groups in total. The normalized spacial score (nSPS) is 13.9. The Kier molecular flexibility index (Phi) is 42.0. The van der Waals surface area contributed by atoms with Crippen LogP contribution < -0.4 is 0 Å². The van der Waals surface area contributed by atoms with E-state index in [1.54, 1.807) is 5.56 Å². The number of rotatable bonds is 21. The van der Waals surface area contributed by atoms with Gasteiger partial charge in [-0.25, -0.2) is 0 Å². The Labute approximate surface area is 421 Å². The Hall–Kier alpha value is -2.28. The third-order valence-electron chi connectivity index (χ3n) is 13.8. The van der Waals surface area contributed by atoms with Crippen molar-refractivity contribution < 1.29 is 18.6 Å². The minimum Gasteiger partial charge on any atom is -0.343 e. The molecule has 1 heteroatoms. The second kappa shape index (κ2) is 40.8. The van der Waals surface area contributed by atoms with Crippen LogP contribution in [0, 0.1) is 32.1 Å². The molecule has 0 unspecified atom stereocenters. The summed E-state index contributed by atoms with van der Waals surface area (Å²) in [7, 11) is 0.